The predicted octanol–water partition coefficient (Wildman–Crippen LogP) is 1.72. The van der Waals surface area contributed by atoms with Crippen LogP contribution in [0.3, 0.4) is 0 Å². The molecule has 3 aliphatic heterocycles. The molecule has 7 heteroatoms. The highest BCUT2D eigenvalue weighted by Gasteiger charge is 2.37. The van der Waals surface area contributed by atoms with Crippen molar-refractivity contribution in [3.8, 4) is 0 Å². The molecule has 0 saturated carbocycles. The van der Waals surface area contributed by atoms with E-state index in [4.69, 9.17) is 14.2 Å². The second-order valence-corrected chi connectivity index (χ2v) is 8.09. The van der Waals surface area contributed by atoms with Crippen LogP contribution in [0.15, 0.2) is 15.0 Å². The van der Waals surface area contributed by atoms with Crippen LogP contribution in [-0.2, 0) is 14.2 Å². The van der Waals surface area contributed by atoms with Crippen molar-refractivity contribution in [3.05, 3.63) is 0 Å². The first-order valence-corrected chi connectivity index (χ1v) is 7.75. The van der Waals surface area contributed by atoms with E-state index < -0.39 is 0 Å². The van der Waals surface area contributed by atoms with Gasteiger partial charge >= 0.3 is 0 Å². The minimum Gasteiger partial charge on any atom is -0.521 e. The Kier molecular flexibility index (Phi) is 3.31. The van der Waals surface area contributed by atoms with E-state index in [1.165, 1.54) is 0 Å². The maximum atomic E-state index is 5.82. The average molecular weight is 305 g/mol. The Balaban J connectivity index is 1.98. The fourth-order valence-corrected chi connectivity index (χ4v) is 2.60. The molecular formula is C15H24BN3O3-. The van der Waals surface area contributed by atoms with Crippen LogP contribution in [0.5, 0.6) is 0 Å². The average Bonchev–Trinajstić information content (AvgIpc) is 2.99. The summed E-state index contributed by atoms with van der Waals surface area (Å²) in [6.07, 6.45) is 0. The Labute approximate surface area is 132 Å². The molecule has 0 aromatic rings. The van der Waals surface area contributed by atoms with Crippen molar-refractivity contribution < 1.29 is 14.2 Å². The number of rotatable bonds is 3. The fourth-order valence-electron chi connectivity index (χ4n) is 2.60. The molecule has 121 valence electrons. The molecule has 22 heavy (non-hydrogen) atoms. The quantitative estimate of drug-likeness (QED) is 0.746. The van der Waals surface area contributed by atoms with Crippen LogP contribution < -0.4 is 0 Å². The fraction of sp³-hybridized carbons (Fsp3) is 0.800. The van der Waals surface area contributed by atoms with Gasteiger partial charge in [0.05, 0.1) is 16.6 Å². The summed E-state index contributed by atoms with van der Waals surface area (Å²) in [7, 11) is 0. The van der Waals surface area contributed by atoms with E-state index in [-0.39, 0.29) is 23.3 Å². The van der Waals surface area contributed by atoms with Crippen molar-refractivity contribution >= 4 is 24.1 Å². The molecule has 0 bridgehead atoms. The maximum Gasteiger partial charge on any atom is 0.167 e. The summed E-state index contributed by atoms with van der Waals surface area (Å²) < 4.78 is 17.5. The standard InChI is InChI=1S/C15H24BN3O3/c1-13(2)7-20-10(17-13)16(11-18-14(3,4)8-21-11)12-19-15(5,6)9-22-12/h7-9H2,1-6H3/q-1. The highest BCUT2D eigenvalue weighted by Crippen LogP contribution is 2.26. The monoisotopic (exact) mass is 305 g/mol. The number of ether oxygens (including phenoxy) is 3. The first kappa shape index (κ1) is 15.4. The van der Waals surface area contributed by atoms with Gasteiger partial charge in [-0.3, -0.25) is 15.0 Å². The van der Waals surface area contributed by atoms with Crippen LogP contribution >= 0.6 is 0 Å². The lowest BCUT2D eigenvalue weighted by Gasteiger charge is -2.26. The van der Waals surface area contributed by atoms with Crippen molar-refractivity contribution in [2.75, 3.05) is 19.8 Å². The third-order valence-corrected chi connectivity index (χ3v) is 3.70. The van der Waals surface area contributed by atoms with Gasteiger partial charge in [-0.15, -0.1) is 0 Å². The molecule has 0 amide bonds. The van der Waals surface area contributed by atoms with Crippen molar-refractivity contribution in [1.82, 2.24) is 0 Å². The van der Waals surface area contributed by atoms with Crippen LogP contribution in [0.1, 0.15) is 41.5 Å². The lowest BCUT2D eigenvalue weighted by molar-refractivity contribution is 0.275. The molecule has 0 saturated heterocycles. The van der Waals surface area contributed by atoms with Gasteiger partial charge in [0, 0.05) is 0 Å². The Morgan fingerprint density at radius 1 is 0.636 bits per heavy atom. The Morgan fingerprint density at radius 3 is 1.09 bits per heavy atom. The van der Waals surface area contributed by atoms with Crippen molar-refractivity contribution in [2.45, 2.75) is 58.2 Å². The molecule has 0 aromatic heterocycles. The van der Waals surface area contributed by atoms with Gasteiger partial charge in [-0.1, -0.05) is 0 Å². The zero-order valence-electron chi connectivity index (χ0n) is 14.3. The van der Waals surface area contributed by atoms with Gasteiger partial charge in [-0.2, -0.15) is 0 Å². The smallest absolute Gasteiger partial charge is 0.167 e. The molecule has 0 aliphatic carbocycles. The predicted molar refractivity (Wildman–Crippen MR) is 88.2 cm³/mol. The highest BCUT2D eigenvalue weighted by molar-refractivity contribution is 7.27. The summed E-state index contributed by atoms with van der Waals surface area (Å²) in [6, 6.07) is 0. The van der Waals surface area contributed by atoms with Crippen LogP contribution in [-0.4, -0.2) is 60.5 Å². The van der Waals surface area contributed by atoms with E-state index >= 15 is 0 Å². The number of hydrogen-bond acceptors (Lipinski definition) is 6. The summed E-state index contributed by atoms with van der Waals surface area (Å²) in [6.45, 7) is 13.5. The topological polar surface area (TPSA) is 64.8 Å². The summed E-state index contributed by atoms with van der Waals surface area (Å²) in [5.41, 5.74) is -0.717. The van der Waals surface area contributed by atoms with Gasteiger partial charge in [-0.05, 0) is 58.9 Å². The molecule has 3 rings (SSSR count). The third-order valence-electron chi connectivity index (χ3n) is 3.70. The van der Waals surface area contributed by atoms with Crippen LogP contribution in [0.4, 0.5) is 0 Å². The molecule has 0 atom stereocenters. The number of nitrogens with zero attached hydrogens (tertiary/aromatic N) is 3. The molecule has 0 unspecified atom stereocenters. The number of hydrogen-bond donors (Lipinski definition) is 0. The first-order chi connectivity index (χ1) is 10.1. The molecule has 0 spiro atoms. The van der Waals surface area contributed by atoms with Gasteiger partial charge in [0.25, 0.3) is 0 Å². The lowest BCUT2D eigenvalue weighted by Crippen LogP contribution is -2.44. The highest BCUT2D eigenvalue weighted by atomic mass is 16.5. The molecule has 0 aromatic carbocycles. The maximum absolute atomic E-state index is 5.82. The largest absolute Gasteiger partial charge is 0.521 e. The van der Waals surface area contributed by atoms with Crippen molar-refractivity contribution in [3.63, 3.8) is 0 Å². The first-order valence-electron chi connectivity index (χ1n) is 7.75. The molecule has 1 radical (unpaired) electrons. The second-order valence-electron chi connectivity index (χ2n) is 8.09. The van der Waals surface area contributed by atoms with Gasteiger partial charge in [0.1, 0.15) is 19.8 Å². The minimum atomic E-state index is -0.370. The minimum absolute atomic E-state index is 0.239. The molecule has 0 fully saturated rings. The second kappa shape index (κ2) is 4.73. The summed E-state index contributed by atoms with van der Waals surface area (Å²) in [5, 5.41) is 0. The molecule has 3 aliphatic rings. The Morgan fingerprint density at radius 2 is 0.909 bits per heavy atom. The van der Waals surface area contributed by atoms with E-state index in [9.17, 15) is 0 Å². The van der Waals surface area contributed by atoms with E-state index in [0.29, 0.717) is 37.2 Å². The van der Waals surface area contributed by atoms with Gasteiger partial charge in [0.2, 0.25) is 0 Å². The van der Waals surface area contributed by atoms with Crippen molar-refractivity contribution in [1.29, 1.82) is 0 Å². The van der Waals surface area contributed by atoms with Crippen LogP contribution in [0.2, 0.25) is 0 Å². The summed E-state index contributed by atoms with van der Waals surface area (Å²) >= 11 is 0. The van der Waals surface area contributed by atoms with Crippen molar-refractivity contribution in [2.24, 2.45) is 15.0 Å². The zero-order chi connectivity index (χ0) is 16.2. The molecular weight excluding hydrogens is 281 g/mol. The Hall–Kier alpha value is -1.53. The lowest BCUT2D eigenvalue weighted by atomic mass is 9.48. The molecule has 0 N–H and O–H groups in total. The van der Waals surface area contributed by atoms with E-state index in [2.05, 4.69) is 15.0 Å². The van der Waals surface area contributed by atoms with Crippen LogP contribution in [0, 0.1) is 0 Å². The normalized spacial score (nSPS) is 27.7. The molecule has 6 nitrogen and oxygen atoms in total. The van der Waals surface area contributed by atoms with E-state index in [1.807, 2.05) is 41.5 Å². The number of aliphatic imine (C=N–C) groups is 3. The van der Waals surface area contributed by atoms with Gasteiger partial charge in [-0.25, -0.2) is 0 Å². The third kappa shape index (κ3) is 2.98. The van der Waals surface area contributed by atoms with Gasteiger partial charge in [0.15, 0.2) is 6.71 Å². The SMILES string of the molecule is CC1(C)COC([B-](C2=NC(C)(C)CO2)C2=NC(C)(C)CO2)=N1. The van der Waals surface area contributed by atoms with E-state index in [1.54, 1.807) is 0 Å². The van der Waals surface area contributed by atoms with E-state index in [0.717, 1.165) is 0 Å². The summed E-state index contributed by atoms with van der Waals surface area (Å²) in [5.74, 6) is 1.79. The Bertz CT molecular complexity index is 498. The zero-order valence-corrected chi connectivity index (χ0v) is 14.3. The summed E-state index contributed by atoms with van der Waals surface area (Å²) in [4.78, 5) is 14.0. The van der Waals surface area contributed by atoms with Gasteiger partial charge < -0.3 is 14.2 Å². The van der Waals surface area contributed by atoms with Crippen LogP contribution in [0.25, 0.3) is 0 Å². The molecule has 3 heterocycles.